The summed E-state index contributed by atoms with van der Waals surface area (Å²) in [7, 11) is 3.51. The minimum atomic E-state index is 0.0173. The SMILES string of the molecule is CN(C)C(=O)c1ccc(CNCc2cccc3c2OCCCO3)cc1. The van der Waals surface area contributed by atoms with Crippen LogP contribution in [0.1, 0.15) is 27.9 Å². The van der Waals surface area contributed by atoms with Gasteiger partial charge in [0, 0.05) is 44.7 Å². The summed E-state index contributed by atoms with van der Waals surface area (Å²) in [6.45, 7) is 2.80. The summed E-state index contributed by atoms with van der Waals surface area (Å²) >= 11 is 0. The van der Waals surface area contributed by atoms with Crippen molar-refractivity contribution in [2.75, 3.05) is 27.3 Å². The van der Waals surface area contributed by atoms with Crippen LogP contribution in [0.3, 0.4) is 0 Å². The molecule has 1 aliphatic rings. The first-order valence-electron chi connectivity index (χ1n) is 8.54. The van der Waals surface area contributed by atoms with Gasteiger partial charge in [0.25, 0.3) is 5.91 Å². The van der Waals surface area contributed by atoms with Gasteiger partial charge < -0.3 is 19.7 Å². The number of benzene rings is 2. The fraction of sp³-hybridized carbons (Fsp3) is 0.350. The van der Waals surface area contributed by atoms with Crippen LogP contribution < -0.4 is 14.8 Å². The minimum absolute atomic E-state index is 0.0173. The second-order valence-corrected chi connectivity index (χ2v) is 6.29. The van der Waals surface area contributed by atoms with Crippen LogP contribution in [-0.4, -0.2) is 38.1 Å². The number of amides is 1. The second kappa shape index (κ2) is 8.03. The predicted molar refractivity (Wildman–Crippen MR) is 97.1 cm³/mol. The van der Waals surface area contributed by atoms with Gasteiger partial charge in [0.05, 0.1) is 13.2 Å². The first-order chi connectivity index (χ1) is 12.1. The highest BCUT2D eigenvalue weighted by Gasteiger charge is 2.14. The highest BCUT2D eigenvalue weighted by molar-refractivity contribution is 5.93. The zero-order valence-corrected chi connectivity index (χ0v) is 14.7. The van der Waals surface area contributed by atoms with Crippen LogP contribution in [0.2, 0.25) is 0 Å². The van der Waals surface area contributed by atoms with E-state index in [0.717, 1.165) is 35.6 Å². The van der Waals surface area contributed by atoms with Crippen molar-refractivity contribution in [2.45, 2.75) is 19.5 Å². The Morgan fingerprint density at radius 1 is 1.04 bits per heavy atom. The predicted octanol–water partition coefficient (Wildman–Crippen LogP) is 2.84. The van der Waals surface area contributed by atoms with Gasteiger partial charge in [0.15, 0.2) is 11.5 Å². The molecular weight excluding hydrogens is 316 g/mol. The van der Waals surface area contributed by atoms with E-state index in [-0.39, 0.29) is 5.91 Å². The summed E-state index contributed by atoms with van der Waals surface area (Å²) < 4.78 is 11.6. The van der Waals surface area contributed by atoms with Crippen molar-refractivity contribution in [1.29, 1.82) is 0 Å². The largest absolute Gasteiger partial charge is 0.490 e. The molecule has 0 aromatic heterocycles. The van der Waals surface area contributed by atoms with E-state index in [1.165, 1.54) is 0 Å². The maximum Gasteiger partial charge on any atom is 0.253 e. The lowest BCUT2D eigenvalue weighted by atomic mass is 10.1. The Bertz CT molecular complexity index is 726. The first kappa shape index (κ1) is 17.3. The van der Waals surface area contributed by atoms with Gasteiger partial charge >= 0.3 is 0 Å². The number of para-hydroxylation sites is 1. The van der Waals surface area contributed by atoms with Crippen LogP contribution >= 0.6 is 0 Å². The van der Waals surface area contributed by atoms with E-state index < -0.39 is 0 Å². The fourth-order valence-corrected chi connectivity index (χ4v) is 2.76. The quantitative estimate of drug-likeness (QED) is 0.909. The van der Waals surface area contributed by atoms with Crippen LogP contribution in [-0.2, 0) is 13.1 Å². The number of hydrogen-bond acceptors (Lipinski definition) is 4. The Balaban J connectivity index is 1.59. The highest BCUT2D eigenvalue weighted by atomic mass is 16.5. The molecular formula is C20H24N2O3. The van der Waals surface area contributed by atoms with E-state index in [9.17, 15) is 4.79 Å². The third-order valence-corrected chi connectivity index (χ3v) is 4.10. The molecule has 132 valence electrons. The van der Waals surface area contributed by atoms with E-state index in [1.807, 2.05) is 36.4 Å². The molecule has 1 aliphatic heterocycles. The molecule has 25 heavy (non-hydrogen) atoms. The monoisotopic (exact) mass is 340 g/mol. The summed E-state index contributed by atoms with van der Waals surface area (Å²) in [5.41, 5.74) is 2.93. The molecule has 0 saturated heterocycles. The van der Waals surface area contributed by atoms with Gasteiger partial charge in [-0.25, -0.2) is 0 Å². The Labute approximate surface area is 148 Å². The van der Waals surface area contributed by atoms with Crippen LogP contribution in [0.25, 0.3) is 0 Å². The number of nitrogens with one attached hydrogen (secondary N) is 1. The van der Waals surface area contributed by atoms with Gasteiger partial charge in [-0.2, -0.15) is 0 Å². The molecule has 0 unspecified atom stereocenters. The molecule has 1 heterocycles. The summed E-state index contributed by atoms with van der Waals surface area (Å²) in [6, 6.07) is 13.7. The molecule has 2 aromatic carbocycles. The molecule has 0 bridgehead atoms. The lowest BCUT2D eigenvalue weighted by Gasteiger charge is -2.13. The third kappa shape index (κ3) is 4.31. The highest BCUT2D eigenvalue weighted by Crippen LogP contribution is 2.33. The number of nitrogens with zero attached hydrogens (tertiary/aromatic N) is 1. The van der Waals surface area contributed by atoms with Crippen molar-refractivity contribution >= 4 is 5.91 Å². The molecule has 0 aliphatic carbocycles. The van der Waals surface area contributed by atoms with E-state index in [1.54, 1.807) is 19.0 Å². The molecule has 1 amide bonds. The molecule has 0 saturated carbocycles. The van der Waals surface area contributed by atoms with Gasteiger partial charge in [-0.05, 0) is 23.8 Å². The van der Waals surface area contributed by atoms with Crippen molar-refractivity contribution in [1.82, 2.24) is 10.2 Å². The first-order valence-corrected chi connectivity index (χ1v) is 8.54. The van der Waals surface area contributed by atoms with Crippen molar-refractivity contribution in [3.63, 3.8) is 0 Å². The Morgan fingerprint density at radius 3 is 2.56 bits per heavy atom. The van der Waals surface area contributed by atoms with Gasteiger partial charge in [-0.3, -0.25) is 4.79 Å². The molecule has 3 rings (SSSR count). The number of ether oxygens (including phenoxy) is 2. The average molecular weight is 340 g/mol. The molecule has 0 spiro atoms. The maximum atomic E-state index is 11.9. The van der Waals surface area contributed by atoms with Crippen LogP contribution in [0.4, 0.5) is 0 Å². The van der Waals surface area contributed by atoms with Crippen molar-refractivity contribution in [3.8, 4) is 11.5 Å². The third-order valence-electron chi connectivity index (χ3n) is 4.10. The lowest BCUT2D eigenvalue weighted by Crippen LogP contribution is -2.21. The topological polar surface area (TPSA) is 50.8 Å². The smallest absolute Gasteiger partial charge is 0.253 e. The summed E-state index contributed by atoms with van der Waals surface area (Å²) in [5, 5.41) is 3.43. The van der Waals surface area contributed by atoms with E-state index in [2.05, 4.69) is 11.4 Å². The summed E-state index contributed by atoms with van der Waals surface area (Å²) in [4.78, 5) is 13.5. The standard InChI is InChI=1S/C20H24N2O3/c1-22(2)20(23)16-9-7-15(8-10-16)13-21-14-17-5-3-6-18-19(17)25-12-4-11-24-18/h3,5-10,21H,4,11-14H2,1-2H3. The zero-order valence-electron chi connectivity index (χ0n) is 14.7. The number of rotatable bonds is 5. The van der Waals surface area contributed by atoms with Crippen molar-refractivity contribution in [2.24, 2.45) is 0 Å². The van der Waals surface area contributed by atoms with E-state index in [0.29, 0.717) is 25.3 Å². The normalized spacial score (nSPS) is 13.2. The lowest BCUT2D eigenvalue weighted by molar-refractivity contribution is 0.0827. The Hall–Kier alpha value is -2.53. The molecule has 5 heteroatoms. The number of carbonyl (C=O) groups is 1. The molecule has 1 N–H and O–H groups in total. The van der Waals surface area contributed by atoms with E-state index in [4.69, 9.17) is 9.47 Å². The zero-order chi connectivity index (χ0) is 17.6. The van der Waals surface area contributed by atoms with Gasteiger partial charge in [0.1, 0.15) is 0 Å². The fourth-order valence-electron chi connectivity index (χ4n) is 2.76. The Morgan fingerprint density at radius 2 is 1.80 bits per heavy atom. The van der Waals surface area contributed by atoms with Crippen molar-refractivity contribution in [3.05, 3.63) is 59.2 Å². The molecule has 2 aromatic rings. The van der Waals surface area contributed by atoms with E-state index >= 15 is 0 Å². The van der Waals surface area contributed by atoms with Gasteiger partial charge in [-0.15, -0.1) is 0 Å². The van der Waals surface area contributed by atoms with Crippen LogP contribution in [0, 0.1) is 0 Å². The van der Waals surface area contributed by atoms with Gasteiger partial charge in [0.2, 0.25) is 0 Å². The minimum Gasteiger partial charge on any atom is -0.490 e. The molecule has 5 nitrogen and oxygen atoms in total. The maximum absolute atomic E-state index is 11.9. The van der Waals surface area contributed by atoms with Gasteiger partial charge in [-0.1, -0.05) is 24.3 Å². The number of carbonyl (C=O) groups excluding carboxylic acids is 1. The number of hydrogen-bond donors (Lipinski definition) is 1. The Kier molecular flexibility index (Phi) is 5.56. The van der Waals surface area contributed by atoms with Crippen LogP contribution in [0.5, 0.6) is 11.5 Å². The second-order valence-electron chi connectivity index (χ2n) is 6.29. The van der Waals surface area contributed by atoms with Crippen LogP contribution in [0.15, 0.2) is 42.5 Å². The molecule has 0 fully saturated rings. The average Bonchev–Trinajstić information content (AvgIpc) is 2.88. The summed E-state index contributed by atoms with van der Waals surface area (Å²) in [5.74, 6) is 1.69. The summed E-state index contributed by atoms with van der Waals surface area (Å²) in [6.07, 6.45) is 0.902. The van der Waals surface area contributed by atoms with Crippen molar-refractivity contribution < 1.29 is 14.3 Å². The molecule has 0 atom stereocenters. The number of fused-ring (bicyclic) bond motifs is 1. The molecule has 0 radical (unpaired) electrons.